The second-order valence-electron chi connectivity index (χ2n) is 6.87. The standard InChI is InChI=1S/C22H26ClN3O4S/c1-4-26-19(11-13-24-26)16-25(31(27,28)20-8-6-18(23)7-9-20)14-12-17-5-10-21(29-2)22(15-17)30-3/h5-11,13,15H,4,12,14,16H2,1-3H3. The van der Waals surface area contributed by atoms with Crippen molar-refractivity contribution < 1.29 is 17.9 Å². The highest BCUT2D eigenvalue weighted by molar-refractivity contribution is 7.89. The van der Waals surface area contributed by atoms with Gasteiger partial charge in [-0.15, -0.1) is 0 Å². The summed E-state index contributed by atoms with van der Waals surface area (Å²) >= 11 is 5.95. The lowest BCUT2D eigenvalue weighted by molar-refractivity contribution is 0.354. The van der Waals surface area contributed by atoms with E-state index in [0.717, 1.165) is 11.3 Å². The average Bonchev–Trinajstić information content (AvgIpc) is 3.23. The van der Waals surface area contributed by atoms with Crippen LogP contribution in [0.1, 0.15) is 18.2 Å². The van der Waals surface area contributed by atoms with Gasteiger partial charge < -0.3 is 9.47 Å². The van der Waals surface area contributed by atoms with Gasteiger partial charge in [-0.1, -0.05) is 17.7 Å². The summed E-state index contributed by atoms with van der Waals surface area (Å²) in [5.41, 5.74) is 1.77. The number of methoxy groups -OCH3 is 2. The highest BCUT2D eigenvalue weighted by Gasteiger charge is 2.25. The zero-order valence-electron chi connectivity index (χ0n) is 17.8. The highest BCUT2D eigenvalue weighted by Crippen LogP contribution is 2.28. The van der Waals surface area contributed by atoms with Crippen LogP contribution in [0.5, 0.6) is 11.5 Å². The third-order valence-corrected chi connectivity index (χ3v) is 7.10. The van der Waals surface area contributed by atoms with Crippen molar-refractivity contribution in [2.45, 2.75) is 31.3 Å². The van der Waals surface area contributed by atoms with Crippen LogP contribution in [0.15, 0.2) is 59.6 Å². The van der Waals surface area contributed by atoms with Gasteiger partial charge in [0, 0.05) is 24.3 Å². The molecular formula is C22H26ClN3O4S. The Balaban J connectivity index is 1.89. The number of hydrogen-bond acceptors (Lipinski definition) is 5. The van der Waals surface area contributed by atoms with Gasteiger partial charge in [0.1, 0.15) is 0 Å². The molecule has 0 saturated heterocycles. The van der Waals surface area contributed by atoms with Gasteiger partial charge in [-0.2, -0.15) is 9.40 Å². The Hall–Kier alpha value is -2.55. The summed E-state index contributed by atoms with van der Waals surface area (Å²) in [7, 11) is -0.587. The first-order chi connectivity index (χ1) is 14.9. The molecule has 2 aromatic carbocycles. The van der Waals surface area contributed by atoms with Crippen LogP contribution < -0.4 is 9.47 Å². The van der Waals surface area contributed by atoms with Crippen LogP contribution in [-0.2, 0) is 29.5 Å². The largest absolute Gasteiger partial charge is 0.493 e. The third-order valence-electron chi connectivity index (χ3n) is 4.99. The van der Waals surface area contributed by atoms with Crippen molar-refractivity contribution in [3.05, 3.63) is 71.0 Å². The molecule has 0 atom stereocenters. The van der Waals surface area contributed by atoms with E-state index in [4.69, 9.17) is 21.1 Å². The van der Waals surface area contributed by atoms with Crippen LogP contribution in [0.2, 0.25) is 5.02 Å². The predicted molar refractivity (Wildman–Crippen MR) is 120 cm³/mol. The highest BCUT2D eigenvalue weighted by atomic mass is 35.5. The first kappa shape index (κ1) is 23.1. The fourth-order valence-electron chi connectivity index (χ4n) is 3.29. The van der Waals surface area contributed by atoms with Gasteiger partial charge in [0.25, 0.3) is 0 Å². The molecule has 7 nitrogen and oxygen atoms in total. The van der Waals surface area contributed by atoms with Crippen LogP contribution in [-0.4, -0.2) is 43.3 Å². The van der Waals surface area contributed by atoms with Crippen LogP contribution >= 0.6 is 11.6 Å². The van der Waals surface area contributed by atoms with Gasteiger partial charge >= 0.3 is 0 Å². The van der Waals surface area contributed by atoms with E-state index < -0.39 is 10.0 Å². The van der Waals surface area contributed by atoms with Crippen LogP contribution in [0.4, 0.5) is 0 Å². The van der Waals surface area contributed by atoms with E-state index in [1.165, 1.54) is 16.4 Å². The average molecular weight is 464 g/mol. The van der Waals surface area contributed by atoms with E-state index in [0.29, 0.717) is 29.5 Å². The minimum absolute atomic E-state index is 0.201. The van der Waals surface area contributed by atoms with Gasteiger partial charge in [-0.05, 0) is 61.4 Å². The number of nitrogens with zero attached hydrogens (tertiary/aromatic N) is 3. The van der Waals surface area contributed by atoms with Gasteiger partial charge in [-0.25, -0.2) is 8.42 Å². The molecule has 0 N–H and O–H groups in total. The van der Waals surface area contributed by atoms with Crippen molar-refractivity contribution in [2.24, 2.45) is 0 Å². The Kier molecular flexibility index (Phi) is 7.59. The molecule has 3 rings (SSSR count). The minimum atomic E-state index is -3.74. The Morgan fingerprint density at radius 3 is 2.39 bits per heavy atom. The molecule has 0 amide bonds. The number of aryl methyl sites for hydroxylation is 1. The molecule has 0 aliphatic carbocycles. The molecule has 0 saturated carbocycles. The third kappa shape index (κ3) is 5.39. The SMILES string of the molecule is CCn1nccc1CN(CCc1ccc(OC)c(OC)c1)S(=O)(=O)c1ccc(Cl)cc1. The summed E-state index contributed by atoms with van der Waals surface area (Å²) < 4.78 is 40.8. The van der Waals surface area contributed by atoms with Gasteiger partial charge in [-0.3, -0.25) is 4.68 Å². The lowest BCUT2D eigenvalue weighted by Crippen LogP contribution is -2.33. The molecule has 0 fully saturated rings. The smallest absolute Gasteiger partial charge is 0.243 e. The van der Waals surface area contributed by atoms with E-state index in [2.05, 4.69) is 5.10 Å². The number of ether oxygens (including phenoxy) is 2. The second-order valence-corrected chi connectivity index (χ2v) is 9.24. The summed E-state index contributed by atoms with van der Waals surface area (Å²) in [6.07, 6.45) is 2.19. The monoisotopic (exact) mass is 463 g/mol. The summed E-state index contributed by atoms with van der Waals surface area (Å²) in [4.78, 5) is 0.201. The Bertz CT molecular complexity index is 1110. The molecule has 0 spiro atoms. The zero-order chi connectivity index (χ0) is 22.4. The number of aromatic nitrogens is 2. The topological polar surface area (TPSA) is 73.7 Å². The summed E-state index contributed by atoms with van der Waals surface area (Å²) in [6.45, 7) is 3.13. The summed E-state index contributed by atoms with van der Waals surface area (Å²) in [6, 6.07) is 13.6. The molecule has 0 unspecified atom stereocenters. The fraction of sp³-hybridized carbons (Fsp3) is 0.318. The first-order valence-corrected chi connectivity index (χ1v) is 11.7. The van der Waals surface area contributed by atoms with Crippen molar-refractivity contribution in [1.29, 1.82) is 0 Å². The van der Waals surface area contributed by atoms with E-state index in [1.54, 1.807) is 37.2 Å². The van der Waals surface area contributed by atoms with Gasteiger partial charge in [0.05, 0.1) is 31.4 Å². The predicted octanol–water partition coefficient (Wildman–Crippen LogP) is 4.01. The molecule has 1 aromatic heterocycles. The van der Waals surface area contributed by atoms with Crippen LogP contribution in [0, 0.1) is 0 Å². The maximum absolute atomic E-state index is 13.4. The molecule has 31 heavy (non-hydrogen) atoms. The lowest BCUT2D eigenvalue weighted by Gasteiger charge is -2.23. The van der Waals surface area contributed by atoms with Crippen molar-refractivity contribution in [2.75, 3.05) is 20.8 Å². The number of rotatable bonds is 10. The number of hydrogen-bond donors (Lipinski definition) is 0. The van der Waals surface area contributed by atoms with E-state index >= 15 is 0 Å². The zero-order valence-corrected chi connectivity index (χ0v) is 19.4. The maximum Gasteiger partial charge on any atom is 0.243 e. The molecule has 9 heteroatoms. The Morgan fingerprint density at radius 2 is 1.74 bits per heavy atom. The fourth-order valence-corrected chi connectivity index (χ4v) is 4.83. The van der Waals surface area contributed by atoms with E-state index in [-0.39, 0.29) is 18.0 Å². The Morgan fingerprint density at radius 1 is 1.03 bits per heavy atom. The van der Waals surface area contributed by atoms with E-state index in [1.807, 2.05) is 31.2 Å². The van der Waals surface area contributed by atoms with Crippen molar-refractivity contribution in [1.82, 2.24) is 14.1 Å². The minimum Gasteiger partial charge on any atom is -0.493 e. The molecule has 0 radical (unpaired) electrons. The number of sulfonamides is 1. The van der Waals surface area contributed by atoms with Gasteiger partial charge in [0.2, 0.25) is 10.0 Å². The molecule has 0 aliphatic heterocycles. The first-order valence-electron chi connectivity index (χ1n) is 9.86. The molecule has 1 heterocycles. The number of halogens is 1. The van der Waals surface area contributed by atoms with E-state index in [9.17, 15) is 8.42 Å². The van der Waals surface area contributed by atoms with Crippen LogP contribution in [0.25, 0.3) is 0 Å². The summed E-state index contributed by atoms with van der Waals surface area (Å²) in [5.74, 6) is 1.24. The van der Waals surface area contributed by atoms with Crippen molar-refractivity contribution >= 4 is 21.6 Å². The quantitative estimate of drug-likeness (QED) is 0.454. The molecular weight excluding hydrogens is 438 g/mol. The normalized spacial score (nSPS) is 11.6. The summed E-state index contributed by atoms with van der Waals surface area (Å²) in [5, 5.41) is 4.75. The molecule has 0 aliphatic rings. The lowest BCUT2D eigenvalue weighted by atomic mass is 10.1. The number of benzene rings is 2. The molecule has 0 bridgehead atoms. The van der Waals surface area contributed by atoms with Crippen molar-refractivity contribution in [3.8, 4) is 11.5 Å². The Labute approximate surface area is 188 Å². The van der Waals surface area contributed by atoms with Gasteiger partial charge in [0.15, 0.2) is 11.5 Å². The second kappa shape index (κ2) is 10.2. The van der Waals surface area contributed by atoms with Crippen molar-refractivity contribution in [3.63, 3.8) is 0 Å². The molecule has 166 valence electrons. The molecule has 3 aromatic rings. The van der Waals surface area contributed by atoms with Crippen LogP contribution in [0.3, 0.4) is 0 Å². The maximum atomic E-state index is 13.4.